The standard InChI is InChI=1S/C15H20N2O/c1-9(2)10-3-4-14-11(5-10)6-12-7-16-8-13(12)15(18)17-14/h3-5,9,12-13,16H,6-8H2,1-2H3,(H,17,18). The van der Waals surface area contributed by atoms with E-state index in [1.54, 1.807) is 0 Å². The zero-order valence-corrected chi connectivity index (χ0v) is 11.0. The molecule has 3 nitrogen and oxygen atoms in total. The van der Waals surface area contributed by atoms with Gasteiger partial charge >= 0.3 is 0 Å². The minimum absolute atomic E-state index is 0.139. The van der Waals surface area contributed by atoms with E-state index in [2.05, 4.69) is 42.7 Å². The Hall–Kier alpha value is -1.35. The molecule has 2 aliphatic rings. The number of anilines is 1. The highest BCUT2D eigenvalue weighted by atomic mass is 16.2. The molecule has 1 fully saturated rings. The summed E-state index contributed by atoms with van der Waals surface area (Å²) in [5.74, 6) is 1.31. The van der Waals surface area contributed by atoms with E-state index in [9.17, 15) is 4.79 Å². The molecule has 0 aromatic heterocycles. The van der Waals surface area contributed by atoms with Gasteiger partial charge in [0.05, 0.1) is 5.92 Å². The van der Waals surface area contributed by atoms with Gasteiger partial charge in [-0.25, -0.2) is 0 Å². The summed E-state index contributed by atoms with van der Waals surface area (Å²) in [6.07, 6.45) is 1.01. The van der Waals surface area contributed by atoms with Crippen LogP contribution in [0.15, 0.2) is 18.2 Å². The predicted molar refractivity (Wildman–Crippen MR) is 72.7 cm³/mol. The third kappa shape index (κ3) is 1.93. The lowest BCUT2D eigenvalue weighted by Gasteiger charge is -2.13. The number of nitrogens with one attached hydrogen (secondary N) is 2. The fraction of sp³-hybridized carbons (Fsp3) is 0.533. The van der Waals surface area contributed by atoms with Crippen molar-refractivity contribution in [2.24, 2.45) is 11.8 Å². The SMILES string of the molecule is CC(C)c1ccc2c(c1)CC1CNCC1C(=O)N2. The third-order valence-corrected chi connectivity index (χ3v) is 4.21. The van der Waals surface area contributed by atoms with Crippen LogP contribution in [-0.2, 0) is 11.2 Å². The van der Waals surface area contributed by atoms with E-state index in [1.807, 2.05) is 0 Å². The van der Waals surface area contributed by atoms with Crippen molar-refractivity contribution in [2.45, 2.75) is 26.2 Å². The summed E-state index contributed by atoms with van der Waals surface area (Å²) in [6, 6.07) is 6.46. The maximum Gasteiger partial charge on any atom is 0.229 e. The second-order valence-electron chi connectivity index (χ2n) is 5.79. The molecular weight excluding hydrogens is 224 g/mol. The molecule has 2 unspecified atom stereocenters. The first-order valence-electron chi connectivity index (χ1n) is 6.79. The molecular formula is C15H20N2O. The van der Waals surface area contributed by atoms with Crippen LogP contribution in [0.4, 0.5) is 5.69 Å². The normalized spacial score (nSPS) is 26.5. The number of benzene rings is 1. The van der Waals surface area contributed by atoms with E-state index in [1.165, 1.54) is 11.1 Å². The van der Waals surface area contributed by atoms with Crippen LogP contribution in [0, 0.1) is 11.8 Å². The smallest absolute Gasteiger partial charge is 0.229 e. The van der Waals surface area contributed by atoms with Crippen molar-refractivity contribution in [3.8, 4) is 0 Å². The molecule has 2 heterocycles. The van der Waals surface area contributed by atoms with Gasteiger partial charge in [-0.05, 0) is 42.0 Å². The van der Waals surface area contributed by atoms with Gasteiger partial charge in [0.15, 0.2) is 0 Å². The fourth-order valence-electron chi connectivity index (χ4n) is 3.03. The molecule has 2 N–H and O–H groups in total. The van der Waals surface area contributed by atoms with Crippen LogP contribution in [0.3, 0.4) is 0 Å². The van der Waals surface area contributed by atoms with Crippen LogP contribution in [0.25, 0.3) is 0 Å². The molecule has 0 spiro atoms. The van der Waals surface area contributed by atoms with Crippen molar-refractivity contribution in [2.75, 3.05) is 18.4 Å². The molecule has 1 aromatic carbocycles. The van der Waals surface area contributed by atoms with E-state index in [0.29, 0.717) is 11.8 Å². The molecule has 1 saturated heterocycles. The number of amides is 1. The molecule has 0 bridgehead atoms. The van der Waals surface area contributed by atoms with Gasteiger partial charge in [0, 0.05) is 12.2 Å². The van der Waals surface area contributed by atoms with E-state index < -0.39 is 0 Å². The van der Waals surface area contributed by atoms with Crippen LogP contribution in [-0.4, -0.2) is 19.0 Å². The highest BCUT2D eigenvalue weighted by Gasteiger charge is 2.35. The van der Waals surface area contributed by atoms with Crippen LogP contribution >= 0.6 is 0 Å². The Balaban J connectivity index is 1.98. The zero-order valence-electron chi connectivity index (χ0n) is 11.0. The molecule has 96 valence electrons. The maximum absolute atomic E-state index is 12.1. The summed E-state index contributed by atoms with van der Waals surface area (Å²) in [6.45, 7) is 6.19. The van der Waals surface area contributed by atoms with E-state index >= 15 is 0 Å². The Labute approximate surface area is 108 Å². The number of rotatable bonds is 1. The average Bonchev–Trinajstić information content (AvgIpc) is 2.74. The highest BCUT2D eigenvalue weighted by Crippen LogP contribution is 2.32. The van der Waals surface area contributed by atoms with Crippen molar-refractivity contribution in [1.82, 2.24) is 5.32 Å². The van der Waals surface area contributed by atoms with E-state index in [0.717, 1.165) is 25.2 Å². The highest BCUT2D eigenvalue weighted by molar-refractivity contribution is 5.94. The Morgan fingerprint density at radius 1 is 1.28 bits per heavy atom. The number of carbonyl (C=O) groups excluding carboxylic acids is 1. The summed E-state index contributed by atoms with van der Waals surface area (Å²) in [5, 5.41) is 6.41. The van der Waals surface area contributed by atoms with Gasteiger partial charge in [-0.15, -0.1) is 0 Å². The molecule has 18 heavy (non-hydrogen) atoms. The van der Waals surface area contributed by atoms with Gasteiger partial charge in [0.25, 0.3) is 0 Å². The quantitative estimate of drug-likeness (QED) is 0.794. The van der Waals surface area contributed by atoms with Crippen LogP contribution in [0.5, 0.6) is 0 Å². The Morgan fingerprint density at radius 3 is 2.89 bits per heavy atom. The van der Waals surface area contributed by atoms with Gasteiger partial charge < -0.3 is 10.6 Å². The molecule has 1 amide bonds. The lowest BCUT2D eigenvalue weighted by molar-refractivity contribution is -0.120. The van der Waals surface area contributed by atoms with E-state index in [-0.39, 0.29) is 11.8 Å². The molecule has 0 aliphatic carbocycles. The molecule has 0 radical (unpaired) electrons. The first-order valence-corrected chi connectivity index (χ1v) is 6.79. The summed E-state index contributed by atoms with van der Waals surface area (Å²) >= 11 is 0. The topological polar surface area (TPSA) is 41.1 Å². The molecule has 0 saturated carbocycles. The Morgan fingerprint density at radius 2 is 2.11 bits per heavy atom. The van der Waals surface area contributed by atoms with Crippen LogP contribution in [0.1, 0.15) is 30.9 Å². The second-order valence-corrected chi connectivity index (χ2v) is 5.79. The van der Waals surface area contributed by atoms with E-state index in [4.69, 9.17) is 0 Å². The first kappa shape index (κ1) is 11.7. The van der Waals surface area contributed by atoms with Gasteiger partial charge in [0.2, 0.25) is 5.91 Å². The minimum atomic E-state index is 0.139. The largest absolute Gasteiger partial charge is 0.326 e. The molecule has 2 aliphatic heterocycles. The molecule has 3 rings (SSSR count). The van der Waals surface area contributed by atoms with Crippen molar-refractivity contribution in [3.63, 3.8) is 0 Å². The summed E-state index contributed by atoms with van der Waals surface area (Å²) in [5.41, 5.74) is 3.66. The fourth-order valence-corrected chi connectivity index (χ4v) is 3.03. The third-order valence-electron chi connectivity index (χ3n) is 4.21. The van der Waals surface area contributed by atoms with Crippen molar-refractivity contribution >= 4 is 11.6 Å². The second kappa shape index (κ2) is 4.39. The maximum atomic E-state index is 12.1. The number of fused-ring (bicyclic) bond motifs is 2. The lowest BCUT2D eigenvalue weighted by Crippen LogP contribution is -2.27. The summed E-state index contributed by atoms with van der Waals surface area (Å²) < 4.78 is 0. The Kier molecular flexibility index (Phi) is 2.86. The van der Waals surface area contributed by atoms with Gasteiger partial charge in [-0.2, -0.15) is 0 Å². The summed E-state index contributed by atoms with van der Waals surface area (Å²) in [4.78, 5) is 12.1. The predicted octanol–water partition coefficient (Wildman–Crippen LogP) is 2.14. The number of hydrogen-bond acceptors (Lipinski definition) is 2. The zero-order chi connectivity index (χ0) is 12.7. The Bertz CT molecular complexity index is 481. The van der Waals surface area contributed by atoms with Crippen molar-refractivity contribution < 1.29 is 4.79 Å². The minimum Gasteiger partial charge on any atom is -0.326 e. The molecule has 3 heteroatoms. The molecule has 2 atom stereocenters. The van der Waals surface area contributed by atoms with Gasteiger partial charge in [0.1, 0.15) is 0 Å². The van der Waals surface area contributed by atoms with Gasteiger partial charge in [-0.1, -0.05) is 26.0 Å². The van der Waals surface area contributed by atoms with Gasteiger partial charge in [-0.3, -0.25) is 4.79 Å². The monoisotopic (exact) mass is 244 g/mol. The number of hydrogen-bond donors (Lipinski definition) is 2. The van der Waals surface area contributed by atoms with Crippen LogP contribution in [0.2, 0.25) is 0 Å². The first-order chi connectivity index (χ1) is 8.65. The van der Waals surface area contributed by atoms with Crippen molar-refractivity contribution in [1.29, 1.82) is 0 Å². The molecule has 1 aromatic rings. The number of carbonyl (C=O) groups is 1. The van der Waals surface area contributed by atoms with Crippen molar-refractivity contribution in [3.05, 3.63) is 29.3 Å². The lowest BCUT2D eigenvalue weighted by atomic mass is 9.89. The summed E-state index contributed by atoms with van der Waals surface area (Å²) in [7, 11) is 0. The average molecular weight is 244 g/mol. The van der Waals surface area contributed by atoms with Crippen LogP contribution < -0.4 is 10.6 Å².